The van der Waals surface area contributed by atoms with Crippen molar-refractivity contribution in [2.45, 2.75) is 83.2 Å². The molecule has 0 aliphatic carbocycles. The molecule has 0 heterocycles. The fourth-order valence-electron chi connectivity index (χ4n) is 4.43. The van der Waals surface area contributed by atoms with E-state index in [1.165, 1.54) is 50.5 Å². The van der Waals surface area contributed by atoms with Gasteiger partial charge in [-0.25, -0.2) is 3.11 Å². The Morgan fingerprint density at radius 3 is 2.23 bits per heavy atom. The molecule has 0 spiro atoms. The minimum atomic E-state index is -1.01. The monoisotopic (exact) mass is 653 g/mol. The van der Waals surface area contributed by atoms with E-state index < -0.39 is 18.0 Å². The highest BCUT2D eigenvalue weighted by Crippen LogP contribution is 2.22. The molecule has 39 heavy (non-hydrogen) atoms. The summed E-state index contributed by atoms with van der Waals surface area (Å²) in [5, 5.41) is 8.79. The molecule has 0 bridgehead atoms. The lowest BCUT2D eigenvalue weighted by Gasteiger charge is -2.21. The van der Waals surface area contributed by atoms with Crippen LogP contribution in [0.4, 0.5) is 0 Å². The van der Waals surface area contributed by atoms with Crippen molar-refractivity contribution in [2.75, 3.05) is 27.3 Å². The van der Waals surface area contributed by atoms with Crippen LogP contribution in [0.3, 0.4) is 0 Å². The van der Waals surface area contributed by atoms with Crippen LogP contribution in [0.15, 0.2) is 48.5 Å². The predicted octanol–water partition coefficient (Wildman–Crippen LogP) is 7.04. The summed E-state index contributed by atoms with van der Waals surface area (Å²) in [6, 6.07) is 16.4. The minimum absolute atomic E-state index is 0.142. The van der Waals surface area contributed by atoms with E-state index in [0.29, 0.717) is 6.54 Å². The van der Waals surface area contributed by atoms with Crippen LogP contribution in [0.5, 0.6) is 11.5 Å². The molecule has 1 atom stereocenters. The summed E-state index contributed by atoms with van der Waals surface area (Å²) >= 11 is 2.13. The lowest BCUT2D eigenvalue weighted by atomic mass is 10.0. The molecule has 0 aromatic heterocycles. The summed E-state index contributed by atoms with van der Waals surface area (Å²) in [7, 11) is 3.60. The summed E-state index contributed by atoms with van der Waals surface area (Å²) in [5.74, 6) is 0.219. The zero-order valence-electron chi connectivity index (χ0n) is 23.4. The third-order valence-electron chi connectivity index (χ3n) is 6.49. The third-order valence-corrected chi connectivity index (χ3v) is 6.88. The van der Waals surface area contributed by atoms with Crippen LogP contribution in [-0.4, -0.2) is 53.6 Å². The number of ether oxygens (including phenoxy) is 3. The van der Waals surface area contributed by atoms with E-state index >= 15 is 0 Å². The molecule has 0 saturated carbocycles. The van der Waals surface area contributed by atoms with Crippen LogP contribution in [0, 0.1) is 0 Å². The Labute approximate surface area is 247 Å². The maximum absolute atomic E-state index is 12.0. The summed E-state index contributed by atoms with van der Waals surface area (Å²) in [4.78, 5) is 22.8. The predicted molar refractivity (Wildman–Crippen MR) is 163 cm³/mol. The molecule has 1 unspecified atom stereocenters. The van der Waals surface area contributed by atoms with Crippen LogP contribution in [0.25, 0.3) is 0 Å². The molecule has 2 aromatic rings. The van der Waals surface area contributed by atoms with E-state index in [-0.39, 0.29) is 19.4 Å². The largest absolute Gasteiger partial charge is 0.497 e. The molecule has 0 radical (unpaired) electrons. The first kappa shape index (κ1) is 32.9. The first-order valence-electron chi connectivity index (χ1n) is 14.0. The van der Waals surface area contributed by atoms with Gasteiger partial charge in [-0.05, 0) is 62.1 Å². The van der Waals surface area contributed by atoms with E-state index in [0.717, 1.165) is 36.3 Å². The number of carbonyl (C=O) groups excluding carboxylic acids is 1. The zero-order chi connectivity index (χ0) is 28.3. The highest BCUT2D eigenvalue weighted by atomic mass is 127. The van der Waals surface area contributed by atoms with Gasteiger partial charge in [0.15, 0.2) is 0 Å². The standard InChI is InChI=1S/C31H44INO6/c1-33(32)23-28(39-31(36)21-20-30(34)35)24-38-29-19-12-11-17-26(29)16-10-8-6-4-3-5-7-9-14-25-15-13-18-27(22-25)37-2/h11-13,15,17-19,22,28H,3-10,14,16,20-21,23-24H2,1-2H3,(H,34,35). The molecule has 7 nitrogen and oxygen atoms in total. The average Bonchev–Trinajstić information content (AvgIpc) is 2.92. The average molecular weight is 654 g/mol. The number of aliphatic carboxylic acids is 1. The van der Waals surface area contributed by atoms with Gasteiger partial charge in [0.2, 0.25) is 0 Å². The number of hydrogen-bond acceptors (Lipinski definition) is 6. The number of hydrogen-bond donors (Lipinski definition) is 1. The number of halogens is 1. The van der Waals surface area contributed by atoms with Gasteiger partial charge in [-0.1, -0.05) is 68.9 Å². The number of likely N-dealkylation sites (N-methyl/N-ethyl adjacent to an activating group) is 1. The van der Waals surface area contributed by atoms with Crippen LogP contribution < -0.4 is 9.47 Å². The molecule has 8 heteroatoms. The highest BCUT2D eigenvalue weighted by Gasteiger charge is 2.18. The molecular weight excluding hydrogens is 609 g/mol. The van der Waals surface area contributed by atoms with Crippen molar-refractivity contribution in [1.82, 2.24) is 3.11 Å². The van der Waals surface area contributed by atoms with Gasteiger partial charge >= 0.3 is 11.9 Å². The zero-order valence-corrected chi connectivity index (χ0v) is 25.6. The number of carboxylic acids is 1. The van der Waals surface area contributed by atoms with E-state index in [4.69, 9.17) is 19.3 Å². The number of rotatable bonds is 21. The van der Waals surface area contributed by atoms with Crippen molar-refractivity contribution in [3.63, 3.8) is 0 Å². The molecule has 0 aliphatic rings. The summed E-state index contributed by atoms with van der Waals surface area (Å²) in [5.41, 5.74) is 2.51. The third kappa shape index (κ3) is 15.1. The van der Waals surface area contributed by atoms with Crippen molar-refractivity contribution in [3.8, 4) is 11.5 Å². The molecule has 216 valence electrons. The van der Waals surface area contributed by atoms with Gasteiger partial charge in [-0.2, -0.15) is 0 Å². The van der Waals surface area contributed by atoms with Crippen molar-refractivity contribution in [1.29, 1.82) is 0 Å². The first-order valence-corrected chi connectivity index (χ1v) is 15.0. The lowest BCUT2D eigenvalue weighted by molar-refractivity contribution is -0.153. The first-order chi connectivity index (χ1) is 18.9. The molecular formula is C31H44INO6. The number of esters is 1. The quantitative estimate of drug-likeness (QED) is 0.0670. The van der Waals surface area contributed by atoms with Gasteiger partial charge in [0.25, 0.3) is 0 Å². The smallest absolute Gasteiger partial charge is 0.306 e. The number of benzene rings is 2. The van der Waals surface area contributed by atoms with Crippen molar-refractivity contribution < 1.29 is 28.9 Å². The number of nitrogens with zero attached hydrogens (tertiary/aromatic N) is 1. The van der Waals surface area contributed by atoms with Crippen LogP contribution >= 0.6 is 22.9 Å². The van der Waals surface area contributed by atoms with Gasteiger partial charge in [0.05, 0.1) is 20.0 Å². The lowest BCUT2D eigenvalue weighted by Crippen LogP contribution is -2.33. The van der Waals surface area contributed by atoms with Gasteiger partial charge in [-0.15, -0.1) is 0 Å². The van der Waals surface area contributed by atoms with E-state index in [1.54, 1.807) is 7.11 Å². The summed E-state index contributed by atoms with van der Waals surface area (Å²) in [6.07, 6.45) is 11.1. The van der Waals surface area contributed by atoms with Gasteiger partial charge in [-0.3, -0.25) is 9.59 Å². The Kier molecular flexibility index (Phi) is 16.6. The molecule has 0 aliphatic heterocycles. The van der Waals surface area contributed by atoms with Crippen LogP contribution in [-0.2, 0) is 27.2 Å². The topological polar surface area (TPSA) is 85.3 Å². The summed E-state index contributed by atoms with van der Waals surface area (Å²) < 4.78 is 18.8. The number of unbranched alkanes of at least 4 members (excludes halogenated alkanes) is 7. The number of para-hydroxylation sites is 1. The van der Waals surface area contributed by atoms with E-state index in [9.17, 15) is 9.59 Å². The Morgan fingerprint density at radius 2 is 1.56 bits per heavy atom. The van der Waals surface area contributed by atoms with Crippen molar-refractivity contribution in [3.05, 3.63) is 59.7 Å². The number of carbonyl (C=O) groups is 2. The molecule has 2 rings (SSSR count). The molecule has 0 fully saturated rings. The van der Waals surface area contributed by atoms with E-state index in [1.807, 2.05) is 34.4 Å². The van der Waals surface area contributed by atoms with Gasteiger partial charge in [0.1, 0.15) is 24.2 Å². The van der Waals surface area contributed by atoms with Gasteiger partial charge in [0, 0.05) is 29.4 Å². The number of aryl methyl sites for hydroxylation is 2. The Balaban J connectivity index is 1.63. The maximum Gasteiger partial charge on any atom is 0.306 e. The van der Waals surface area contributed by atoms with Crippen LogP contribution in [0.1, 0.15) is 75.3 Å². The second kappa shape index (κ2) is 19.7. The van der Waals surface area contributed by atoms with Crippen molar-refractivity contribution in [2.24, 2.45) is 0 Å². The fourth-order valence-corrected chi connectivity index (χ4v) is 4.86. The number of methoxy groups -OCH3 is 1. The van der Waals surface area contributed by atoms with E-state index in [2.05, 4.69) is 47.1 Å². The Bertz CT molecular complexity index is 983. The van der Waals surface area contributed by atoms with Crippen molar-refractivity contribution >= 4 is 34.8 Å². The second-order valence-corrected chi connectivity index (χ2v) is 11.5. The fraction of sp³-hybridized carbons (Fsp3) is 0.548. The second-order valence-electron chi connectivity index (χ2n) is 9.89. The van der Waals surface area contributed by atoms with Crippen LogP contribution in [0.2, 0.25) is 0 Å². The Morgan fingerprint density at radius 1 is 0.897 bits per heavy atom. The SMILES string of the molecule is COc1cccc(CCCCCCCCCCc2ccccc2OCC(CN(C)I)OC(=O)CCC(=O)O)c1. The molecule has 2 aromatic carbocycles. The molecule has 0 amide bonds. The highest BCUT2D eigenvalue weighted by molar-refractivity contribution is 14.1. The van der Waals surface area contributed by atoms with Gasteiger partial charge < -0.3 is 19.3 Å². The molecule has 0 saturated heterocycles. The number of carboxylic acid groups (broad SMARTS) is 1. The normalized spacial score (nSPS) is 11.8. The maximum atomic E-state index is 12.0. The minimum Gasteiger partial charge on any atom is -0.497 e. The Hall–Kier alpha value is -2.33. The summed E-state index contributed by atoms with van der Waals surface area (Å²) in [6.45, 7) is 0.712. The molecule has 1 N–H and O–H groups in total.